The molecule has 0 amide bonds. The minimum Gasteiger partial charge on any atom is -0.207 e. The number of thioether (sulfide) groups is 1. The summed E-state index contributed by atoms with van der Waals surface area (Å²) in [4.78, 5) is 0.327. The SMILES string of the molecule is O=S(=O)(c1ccc(CCl)cc1Br)N1CCCSCC1. The zero-order valence-corrected chi connectivity index (χ0v) is 14.3. The highest BCUT2D eigenvalue weighted by atomic mass is 79.9. The van der Waals surface area contributed by atoms with Crippen LogP contribution in [0.1, 0.15) is 12.0 Å². The summed E-state index contributed by atoms with van der Waals surface area (Å²) >= 11 is 10.9. The van der Waals surface area contributed by atoms with E-state index in [0.717, 1.165) is 23.5 Å². The molecule has 1 saturated heterocycles. The lowest BCUT2D eigenvalue weighted by Gasteiger charge is -2.20. The highest BCUT2D eigenvalue weighted by molar-refractivity contribution is 9.10. The summed E-state index contributed by atoms with van der Waals surface area (Å²) in [7, 11) is -3.41. The van der Waals surface area contributed by atoms with E-state index >= 15 is 0 Å². The smallest absolute Gasteiger partial charge is 0.207 e. The molecule has 106 valence electrons. The van der Waals surface area contributed by atoms with Crippen molar-refractivity contribution < 1.29 is 8.42 Å². The van der Waals surface area contributed by atoms with Gasteiger partial charge in [-0.1, -0.05) is 6.07 Å². The maximum absolute atomic E-state index is 12.6. The molecule has 19 heavy (non-hydrogen) atoms. The molecule has 0 aromatic heterocycles. The molecule has 0 saturated carbocycles. The first-order chi connectivity index (χ1) is 9.05. The van der Waals surface area contributed by atoms with Gasteiger partial charge in [0, 0.05) is 29.2 Å². The first-order valence-electron chi connectivity index (χ1n) is 5.98. The van der Waals surface area contributed by atoms with Gasteiger partial charge in [-0.15, -0.1) is 11.6 Å². The van der Waals surface area contributed by atoms with Crippen LogP contribution in [-0.2, 0) is 15.9 Å². The van der Waals surface area contributed by atoms with E-state index in [4.69, 9.17) is 11.6 Å². The molecule has 0 aliphatic carbocycles. The Hall–Kier alpha value is 0.250. The average Bonchev–Trinajstić information content (AvgIpc) is 2.67. The fourth-order valence-corrected chi connectivity index (χ4v) is 5.67. The van der Waals surface area contributed by atoms with Gasteiger partial charge in [-0.05, 0) is 45.8 Å². The first-order valence-corrected chi connectivity index (χ1v) is 9.90. The Morgan fingerprint density at radius 3 is 2.79 bits per heavy atom. The van der Waals surface area contributed by atoms with Crippen molar-refractivity contribution in [2.24, 2.45) is 0 Å². The van der Waals surface area contributed by atoms with Crippen molar-refractivity contribution >= 4 is 49.3 Å². The van der Waals surface area contributed by atoms with Gasteiger partial charge >= 0.3 is 0 Å². The standard InChI is InChI=1S/C12H15BrClNO2S2/c13-11-8-10(9-14)2-3-12(11)19(16,17)15-4-1-6-18-7-5-15/h2-3,8H,1,4-7,9H2. The van der Waals surface area contributed by atoms with Crippen molar-refractivity contribution in [2.75, 3.05) is 24.6 Å². The maximum Gasteiger partial charge on any atom is 0.244 e. The van der Waals surface area contributed by atoms with Crippen LogP contribution in [0.4, 0.5) is 0 Å². The van der Waals surface area contributed by atoms with Crippen LogP contribution in [0.5, 0.6) is 0 Å². The van der Waals surface area contributed by atoms with Gasteiger partial charge in [0.2, 0.25) is 10.0 Å². The Bertz CT molecular complexity index is 543. The van der Waals surface area contributed by atoms with Gasteiger partial charge < -0.3 is 0 Å². The molecule has 1 heterocycles. The van der Waals surface area contributed by atoms with E-state index in [1.165, 1.54) is 0 Å². The summed E-state index contributed by atoms with van der Waals surface area (Å²) in [6, 6.07) is 5.17. The topological polar surface area (TPSA) is 37.4 Å². The molecular weight excluding hydrogens is 370 g/mol. The average molecular weight is 385 g/mol. The Kier molecular flexibility index (Phi) is 5.60. The summed E-state index contributed by atoms with van der Waals surface area (Å²) in [5.74, 6) is 2.26. The second-order valence-corrected chi connectivity index (χ2v) is 8.52. The van der Waals surface area contributed by atoms with E-state index in [0.29, 0.717) is 28.3 Å². The summed E-state index contributed by atoms with van der Waals surface area (Å²) in [5, 5.41) is 0. The molecule has 0 N–H and O–H groups in total. The second-order valence-electron chi connectivity index (χ2n) is 4.27. The van der Waals surface area contributed by atoms with Crippen LogP contribution >= 0.6 is 39.3 Å². The predicted molar refractivity (Wildman–Crippen MR) is 84.4 cm³/mol. The molecule has 0 atom stereocenters. The van der Waals surface area contributed by atoms with Crippen LogP contribution in [0.3, 0.4) is 0 Å². The number of rotatable bonds is 3. The molecule has 3 nitrogen and oxygen atoms in total. The van der Waals surface area contributed by atoms with Crippen LogP contribution in [0.2, 0.25) is 0 Å². The predicted octanol–water partition coefficient (Wildman–Crippen LogP) is 3.32. The van der Waals surface area contributed by atoms with Crippen molar-refractivity contribution in [1.82, 2.24) is 4.31 Å². The highest BCUT2D eigenvalue weighted by Crippen LogP contribution is 2.28. The summed E-state index contributed by atoms with van der Waals surface area (Å²) < 4.78 is 27.4. The molecule has 0 bridgehead atoms. The second kappa shape index (κ2) is 6.80. The number of nitrogens with zero attached hydrogens (tertiary/aromatic N) is 1. The lowest BCUT2D eigenvalue weighted by atomic mass is 10.2. The normalized spacial score (nSPS) is 18.2. The third-order valence-corrected chi connectivity index (χ3v) is 7.18. The zero-order valence-electron chi connectivity index (χ0n) is 10.3. The molecular formula is C12H15BrClNO2S2. The summed E-state index contributed by atoms with van der Waals surface area (Å²) in [6.45, 7) is 1.18. The van der Waals surface area contributed by atoms with E-state index < -0.39 is 10.0 Å². The Balaban J connectivity index is 2.32. The van der Waals surface area contributed by atoms with Crippen LogP contribution in [0.15, 0.2) is 27.6 Å². The maximum atomic E-state index is 12.6. The number of hydrogen-bond donors (Lipinski definition) is 0. The number of benzene rings is 1. The van der Waals surface area contributed by atoms with Gasteiger partial charge in [0.25, 0.3) is 0 Å². The van der Waals surface area contributed by atoms with Crippen molar-refractivity contribution in [3.63, 3.8) is 0 Å². The van der Waals surface area contributed by atoms with E-state index in [2.05, 4.69) is 15.9 Å². The molecule has 1 aromatic carbocycles. The quantitative estimate of drug-likeness (QED) is 0.750. The molecule has 7 heteroatoms. The number of alkyl halides is 1. The monoisotopic (exact) mass is 383 g/mol. The Morgan fingerprint density at radius 2 is 2.11 bits per heavy atom. The van der Waals surface area contributed by atoms with Gasteiger partial charge in [0.05, 0.1) is 4.90 Å². The number of sulfonamides is 1. The molecule has 1 aromatic rings. The largest absolute Gasteiger partial charge is 0.244 e. The number of halogens is 2. The fraction of sp³-hybridized carbons (Fsp3) is 0.500. The zero-order chi connectivity index (χ0) is 13.9. The van der Waals surface area contributed by atoms with Crippen molar-refractivity contribution in [1.29, 1.82) is 0 Å². The van der Waals surface area contributed by atoms with Crippen LogP contribution in [-0.4, -0.2) is 37.3 Å². The minimum atomic E-state index is -3.41. The van der Waals surface area contributed by atoms with Crippen molar-refractivity contribution in [3.05, 3.63) is 28.2 Å². The summed E-state index contributed by atoms with van der Waals surface area (Å²) in [5.41, 5.74) is 0.902. The van der Waals surface area contributed by atoms with Gasteiger partial charge in [-0.2, -0.15) is 16.1 Å². The molecule has 1 aliphatic heterocycles. The molecule has 1 aliphatic rings. The first kappa shape index (κ1) is 15.6. The third-order valence-electron chi connectivity index (χ3n) is 2.95. The van der Waals surface area contributed by atoms with Gasteiger partial charge in [-0.25, -0.2) is 8.42 Å². The van der Waals surface area contributed by atoms with E-state index in [-0.39, 0.29) is 0 Å². The van der Waals surface area contributed by atoms with Gasteiger partial charge in [-0.3, -0.25) is 0 Å². The molecule has 0 radical (unpaired) electrons. The molecule has 0 spiro atoms. The Labute approximate surface area is 131 Å². The van der Waals surface area contributed by atoms with E-state index in [1.54, 1.807) is 34.3 Å². The van der Waals surface area contributed by atoms with Crippen LogP contribution < -0.4 is 0 Å². The van der Waals surface area contributed by atoms with Crippen LogP contribution in [0, 0.1) is 0 Å². The molecule has 0 unspecified atom stereocenters. The lowest BCUT2D eigenvalue weighted by molar-refractivity contribution is 0.434. The lowest BCUT2D eigenvalue weighted by Crippen LogP contribution is -2.33. The fourth-order valence-electron chi connectivity index (χ4n) is 1.94. The van der Waals surface area contributed by atoms with Crippen molar-refractivity contribution in [3.8, 4) is 0 Å². The highest BCUT2D eigenvalue weighted by Gasteiger charge is 2.27. The minimum absolute atomic E-state index is 0.327. The third kappa shape index (κ3) is 3.67. The molecule has 2 rings (SSSR count). The Morgan fingerprint density at radius 1 is 1.32 bits per heavy atom. The molecule has 1 fully saturated rings. The van der Waals surface area contributed by atoms with Gasteiger partial charge in [0.1, 0.15) is 0 Å². The van der Waals surface area contributed by atoms with E-state index in [1.807, 2.05) is 0 Å². The van der Waals surface area contributed by atoms with Crippen molar-refractivity contribution in [2.45, 2.75) is 17.2 Å². The van der Waals surface area contributed by atoms with Gasteiger partial charge in [0.15, 0.2) is 0 Å². The number of hydrogen-bond acceptors (Lipinski definition) is 3. The summed E-state index contributed by atoms with van der Waals surface area (Å²) in [6.07, 6.45) is 0.904. The van der Waals surface area contributed by atoms with Crippen LogP contribution in [0.25, 0.3) is 0 Å². The van der Waals surface area contributed by atoms with E-state index in [9.17, 15) is 8.42 Å².